The van der Waals surface area contributed by atoms with E-state index in [9.17, 15) is 13.0 Å². The van der Waals surface area contributed by atoms with E-state index < -0.39 is 18.0 Å². The van der Waals surface area contributed by atoms with Crippen LogP contribution in [0.3, 0.4) is 0 Å². The Hall–Kier alpha value is -0.364. The van der Waals surface area contributed by atoms with E-state index in [-0.39, 0.29) is 56.3 Å². The summed E-state index contributed by atoms with van der Waals surface area (Å²) in [5, 5.41) is 3.05. The molecular formula is C18H14KO3PS. The van der Waals surface area contributed by atoms with Crippen LogP contribution >= 0.6 is 7.92 Å². The van der Waals surface area contributed by atoms with Gasteiger partial charge < -0.3 is 4.55 Å². The summed E-state index contributed by atoms with van der Waals surface area (Å²) < 4.78 is 34.0. The van der Waals surface area contributed by atoms with Crippen molar-refractivity contribution in [1.82, 2.24) is 0 Å². The maximum absolute atomic E-state index is 11.3. The van der Waals surface area contributed by atoms with E-state index in [4.69, 9.17) is 0 Å². The van der Waals surface area contributed by atoms with Gasteiger partial charge >= 0.3 is 51.4 Å². The maximum Gasteiger partial charge on any atom is 1.00 e. The van der Waals surface area contributed by atoms with E-state index >= 15 is 0 Å². The fourth-order valence-electron chi connectivity index (χ4n) is 2.38. The molecule has 0 saturated carbocycles. The molecule has 3 aromatic carbocycles. The zero-order valence-corrected chi connectivity index (χ0v) is 18.0. The quantitative estimate of drug-likeness (QED) is 0.344. The average Bonchev–Trinajstić information content (AvgIpc) is 2.57. The Labute approximate surface area is 186 Å². The van der Waals surface area contributed by atoms with Crippen LogP contribution in [-0.4, -0.2) is 13.0 Å². The third kappa shape index (κ3) is 4.84. The average molecular weight is 380 g/mol. The van der Waals surface area contributed by atoms with Crippen molar-refractivity contribution in [3.63, 3.8) is 0 Å². The van der Waals surface area contributed by atoms with Crippen molar-refractivity contribution < 1.29 is 64.4 Å². The number of hydrogen-bond acceptors (Lipinski definition) is 3. The first-order chi connectivity index (χ1) is 11.1. The summed E-state index contributed by atoms with van der Waals surface area (Å²) in [6.07, 6.45) is 0. The van der Waals surface area contributed by atoms with Gasteiger partial charge in [-0.2, -0.15) is 0 Å². The third-order valence-corrected chi connectivity index (χ3v) is 6.65. The molecule has 0 amide bonds. The molecule has 0 aromatic heterocycles. The van der Waals surface area contributed by atoms with Crippen molar-refractivity contribution in [3.8, 4) is 0 Å². The Morgan fingerprint density at radius 3 is 1.58 bits per heavy atom. The van der Waals surface area contributed by atoms with Crippen molar-refractivity contribution in [2.24, 2.45) is 0 Å². The summed E-state index contributed by atoms with van der Waals surface area (Å²) in [5.41, 5.74) is 0. The van der Waals surface area contributed by atoms with Crippen LogP contribution in [-0.2, 0) is 10.1 Å². The standard InChI is InChI=1S/C18H15O3PS.K/c19-23(20,21)18-13-7-12-17(14-18)22(15-8-3-1-4-9-15)16-10-5-2-6-11-16;/h1-14H,(H,19,20,21);/q;+1/p-1. The van der Waals surface area contributed by atoms with Crippen LogP contribution < -0.4 is 67.3 Å². The molecule has 0 aliphatic carbocycles. The van der Waals surface area contributed by atoms with Gasteiger partial charge in [-0.1, -0.05) is 72.8 Å². The molecule has 0 unspecified atom stereocenters. The Morgan fingerprint density at radius 1 is 0.667 bits per heavy atom. The zero-order valence-electron chi connectivity index (χ0n) is 13.2. The van der Waals surface area contributed by atoms with E-state index in [1.807, 2.05) is 66.7 Å². The van der Waals surface area contributed by atoms with Crippen LogP contribution in [0.15, 0.2) is 89.8 Å². The Kier molecular flexibility index (Phi) is 7.34. The zero-order chi connectivity index (χ0) is 16.3. The molecule has 0 saturated heterocycles. The fraction of sp³-hybridized carbons (Fsp3) is 0. The third-order valence-electron chi connectivity index (χ3n) is 3.39. The molecule has 3 nitrogen and oxygen atoms in total. The maximum atomic E-state index is 11.3. The largest absolute Gasteiger partial charge is 1.00 e. The predicted molar refractivity (Wildman–Crippen MR) is 93.1 cm³/mol. The monoisotopic (exact) mass is 380 g/mol. The minimum absolute atomic E-state index is 0. The van der Waals surface area contributed by atoms with Crippen LogP contribution in [0.2, 0.25) is 0 Å². The van der Waals surface area contributed by atoms with Crippen LogP contribution in [0.5, 0.6) is 0 Å². The Bertz CT molecular complexity index is 860. The van der Waals surface area contributed by atoms with Gasteiger partial charge in [-0.3, -0.25) is 0 Å². The van der Waals surface area contributed by atoms with Gasteiger partial charge in [0.1, 0.15) is 10.1 Å². The molecule has 0 fully saturated rings. The van der Waals surface area contributed by atoms with Gasteiger partial charge in [0.2, 0.25) is 0 Å². The van der Waals surface area contributed by atoms with E-state index in [0.717, 1.165) is 15.9 Å². The molecule has 3 aromatic rings. The van der Waals surface area contributed by atoms with E-state index in [0.29, 0.717) is 0 Å². The smallest absolute Gasteiger partial charge is 0.744 e. The van der Waals surface area contributed by atoms with Gasteiger partial charge in [0, 0.05) is 0 Å². The summed E-state index contributed by atoms with van der Waals surface area (Å²) in [7, 11) is -5.38. The van der Waals surface area contributed by atoms with Crippen LogP contribution in [0.4, 0.5) is 0 Å². The number of hydrogen-bond donors (Lipinski definition) is 0. The van der Waals surface area contributed by atoms with Gasteiger partial charge in [0.15, 0.2) is 0 Å². The second-order valence-corrected chi connectivity index (χ2v) is 8.56. The van der Waals surface area contributed by atoms with E-state index in [2.05, 4.69) is 0 Å². The van der Waals surface area contributed by atoms with Gasteiger partial charge in [-0.25, -0.2) is 8.42 Å². The second-order valence-electron chi connectivity index (χ2n) is 4.96. The normalized spacial score (nSPS) is 11.1. The summed E-state index contributed by atoms with van der Waals surface area (Å²) in [5.74, 6) is 0. The molecule has 0 radical (unpaired) electrons. The van der Waals surface area contributed by atoms with Crippen LogP contribution in [0, 0.1) is 0 Å². The molecular weight excluding hydrogens is 366 g/mol. The van der Waals surface area contributed by atoms with Crippen molar-refractivity contribution in [2.45, 2.75) is 4.90 Å². The molecule has 0 N–H and O–H groups in total. The van der Waals surface area contributed by atoms with Crippen LogP contribution in [0.25, 0.3) is 0 Å². The van der Waals surface area contributed by atoms with Crippen molar-refractivity contribution in [1.29, 1.82) is 0 Å². The first-order valence-corrected chi connectivity index (χ1v) is 9.77. The summed E-state index contributed by atoms with van der Waals surface area (Å²) in [6, 6.07) is 26.2. The Balaban J connectivity index is 0.00000208. The fourth-order valence-corrected chi connectivity index (χ4v) is 5.32. The van der Waals surface area contributed by atoms with Crippen molar-refractivity contribution in [2.75, 3.05) is 0 Å². The molecule has 3 rings (SSSR count). The molecule has 6 heteroatoms. The molecule has 0 aliphatic rings. The second kappa shape index (κ2) is 8.83. The van der Waals surface area contributed by atoms with Gasteiger partial charge in [-0.05, 0) is 36.0 Å². The van der Waals surface area contributed by atoms with E-state index in [1.165, 1.54) is 12.1 Å². The molecule has 0 aliphatic heterocycles. The first kappa shape index (κ1) is 20.0. The Morgan fingerprint density at radius 2 is 1.12 bits per heavy atom. The summed E-state index contributed by atoms with van der Waals surface area (Å²) >= 11 is 0. The minimum Gasteiger partial charge on any atom is -0.744 e. The van der Waals surface area contributed by atoms with Gasteiger partial charge in [0.25, 0.3) is 0 Å². The topological polar surface area (TPSA) is 57.2 Å². The molecule has 116 valence electrons. The SMILES string of the molecule is O=S(=O)([O-])c1cccc(P(c2ccccc2)c2ccccc2)c1.[K+]. The first-order valence-electron chi connectivity index (χ1n) is 7.02. The van der Waals surface area contributed by atoms with E-state index in [1.54, 1.807) is 6.07 Å². The number of benzene rings is 3. The summed E-state index contributed by atoms with van der Waals surface area (Å²) in [6.45, 7) is 0. The van der Waals surface area contributed by atoms with Gasteiger partial charge in [0.05, 0.1) is 4.90 Å². The summed E-state index contributed by atoms with van der Waals surface area (Å²) in [4.78, 5) is -0.186. The molecule has 0 atom stereocenters. The number of rotatable bonds is 4. The molecule has 0 spiro atoms. The van der Waals surface area contributed by atoms with Crippen molar-refractivity contribution >= 4 is 34.0 Å². The minimum atomic E-state index is -4.46. The molecule has 24 heavy (non-hydrogen) atoms. The van der Waals surface area contributed by atoms with Gasteiger partial charge in [-0.15, -0.1) is 0 Å². The molecule has 0 bridgehead atoms. The van der Waals surface area contributed by atoms with Crippen molar-refractivity contribution in [3.05, 3.63) is 84.9 Å². The molecule has 0 heterocycles. The predicted octanol–water partition coefficient (Wildman–Crippen LogP) is -0.647. The van der Waals surface area contributed by atoms with Crippen LogP contribution in [0.1, 0.15) is 0 Å².